The highest BCUT2D eigenvalue weighted by Gasteiger charge is 2.43. The maximum atomic E-state index is 13.2. The second kappa shape index (κ2) is 9.25. The molecule has 2 aromatic carbocycles. The highest BCUT2D eigenvalue weighted by Crippen LogP contribution is 2.45. The van der Waals surface area contributed by atoms with Crippen LogP contribution in [0.3, 0.4) is 0 Å². The van der Waals surface area contributed by atoms with Crippen molar-refractivity contribution in [2.45, 2.75) is 5.92 Å². The smallest absolute Gasteiger partial charge is 0.355 e. The van der Waals surface area contributed by atoms with Crippen molar-refractivity contribution in [1.82, 2.24) is 4.98 Å². The molecule has 0 spiro atoms. The molecule has 4 rings (SSSR count). The van der Waals surface area contributed by atoms with E-state index < -0.39 is 17.9 Å². The molecule has 9 heteroatoms. The monoisotopic (exact) mass is 474 g/mol. The number of pyridine rings is 1. The number of nitriles is 1. The van der Waals surface area contributed by atoms with Crippen molar-refractivity contribution in [2.24, 2.45) is 5.73 Å². The van der Waals surface area contributed by atoms with Gasteiger partial charge in [0.1, 0.15) is 11.5 Å². The van der Waals surface area contributed by atoms with Gasteiger partial charge < -0.3 is 15.2 Å². The zero-order chi connectivity index (χ0) is 24.4. The topological polar surface area (TPSA) is 119 Å². The number of carbonyl (C=O) groups is 2. The molecule has 0 radical (unpaired) electrons. The lowest BCUT2D eigenvalue weighted by Gasteiger charge is -2.36. The van der Waals surface area contributed by atoms with Gasteiger partial charge in [0.05, 0.1) is 53.6 Å². The van der Waals surface area contributed by atoms with Crippen molar-refractivity contribution >= 4 is 40.1 Å². The van der Waals surface area contributed by atoms with Crippen LogP contribution < -0.4 is 10.6 Å². The van der Waals surface area contributed by atoms with Crippen LogP contribution in [0.4, 0.5) is 5.69 Å². The van der Waals surface area contributed by atoms with E-state index in [1.54, 1.807) is 60.8 Å². The number of nitrogens with zero attached hydrogens (tertiary/aromatic N) is 3. The summed E-state index contributed by atoms with van der Waals surface area (Å²) in [6, 6.07) is 17.6. The lowest BCUT2D eigenvalue weighted by molar-refractivity contribution is -0.139. The molecule has 34 heavy (non-hydrogen) atoms. The number of nitrogens with two attached hydrogens (primary N) is 1. The van der Waals surface area contributed by atoms with E-state index in [-0.39, 0.29) is 22.7 Å². The third-order valence-corrected chi connectivity index (χ3v) is 5.85. The summed E-state index contributed by atoms with van der Waals surface area (Å²) in [7, 11) is 2.40. The number of hydrogen-bond acceptors (Lipinski definition) is 8. The molecule has 8 nitrogen and oxygen atoms in total. The normalized spacial score (nSPS) is 15.8. The molecule has 0 amide bonds. The molecule has 0 fully saturated rings. The van der Waals surface area contributed by atoms with Gasteiger partial charge in [-0.2, -0.15) is 5.26 Å². The first-order valence-electron chi connectivity index (χ1n) is 10.1. The van der Waals surface area contributed by atoms with Crippen LogP contribution in [0, 0.1) is 11.3 Å². The highest BCUT2D eigenvalue weighted by atomic mass is 35.5. The number of ether oxygens (including phenoxy) is 2. The van der Waals surface area contributed by atoms with Crippen molar-refractivity contribution in [2.75, 3.05) is 19.1 Å². The van der Waals surface area contributed by atoms with Crippen molar-refractivity contribution in [3.05, 3.63) is 94.0 Å². The molecule has 1 aromatic heterocycles. The van der Waals surface area contributed by atoms with E-state index in [0.717, 1.165) is 0 Å². The van der Waals surface area contributed by atoms with Crippen LogP contribution >= 0.6 is 11.6 Å². The van der Waals surface area contributed by atoms with Crippen LogP contribution in [-0.2, 0) is 19.1 Å². The van der Waals surface area contributed by atoms with Crippen molar-refractivity contribution < 1.29 is 19.1 Å². The number of anilines is 1. The van der Waals surface area contributed by atoms with E-state index in [9.17, 15) is 14.9 Å². The molecule has 170 valence electrons. The molecule has 0 saturated heterocycles. The fourth-order valence-corrected chi connectivity index (χ4v) is 4.30. The van der Waals surface area contributed by atoms with Gasteiger partial charge in [-0.25, -0.2) is 9.59 Å². The molecule has 2 heterocycles. The second-order valence-corrected chi connectivity index (χ2v) is 7.71. The Hall–Kier alpha value is -4.35. The number of aromatic nitrogens is 1. The third kappa shape index (κ3) is 3.62. The first kappa shape index (κ1) is 22.8. The number of methoxy groups -OCH3 is 2. The summed E-state index contributed by atoms with van der Waals surface area (Å²) in [5.41, 5.74) is 7.83. The van der Waals surface area contributed by atoms with E-state index in [1.165, 1.54) is 19.1 Å². The average molecular weight is 475 g/mol. The van der Waals surface area contributed by atoms with Crippen molar-refractivity contribution in [3.63, 3.8) is 0 Å². The van der Waals surface area contributed by atoms with Gasteiger partial charge in [0.25, 0.3) is 0 Å². The molecule has 1 unspecified atom stereocenters. The quantitative estimate of drug-likeness (QED) is 0.567. The minimum atomic E-state index is -0.944. The van der Waals surface area contributed by atoms with Crippen LogP contribution in [0.5, 0.6) is 0 Å². The fourth-order valence-electron chi connectivity index (χ4n) is 4.08. The number of halogens is 1. The van der Waals surface area contributed by atoms with Crippen LogP contribution in [0.2, 0.25) is 5.02 Å². The minimum Gasteiger partial charge on any atom is -0.466 e. The molecule has 0 bridgehead atoms. The summed E-state index contributed by atoms with van der Waals surface area (Å²) in [5.74, 6) is -2.60. The zero-order valence-electron chi connectivity index (χ0n) is 18.3. The molecular formula is C25H19ClN4O4. The fraction of sp³-hybridized carbons (Fsp3) is 0.120. The summed E-state index contributed by atoms with van der Waals surface area (Å²) < 4.78 is 10.1. The molecule has 0 saturated carbocycles. The van der Waals surface area contributed by atoms with Gasteiger partial charge in [-0.15, -0.1) is 0 Å². The molecule has 2 N–H and O–H groups in total. The average Bonchev–Trinajstić information content (AvgIpc) is 2.88. The van der Waals surface area contributed by atoms with Gasteiger partial charge >= 0.3 is 11.9 Å². The van der Waals surface area contributed by atoms with Gasteiger partial charge in [-0.3, -0.25) is 9.88 Å². The first-order valence-corrected chi connectivity index (χ1v) is 10.5. The summed E-state index contributed by atoms with van der Waals surface area (Å²) in [5, 5.41) is 11.1. The number of carbonyl (C=O) groups excluding carboxylic acids is 2. The Bertz CT molecular complexity index is 1410. The summed E-state index contributed by atoms with van der Waals surface area (Å²) in [6.07, 6.45) is 1.58. The zero-order valence-corrected chi connectivity index (χ0v) is 19.0. The summed E-state index contributed by atoms with van der Waals surface area (Å²) in [4.78, 5) is 31.9. The van der Waals surface area contributed by atoms with Gasteiger partial charge in [-0.05, 0) is 29.8 Å². The Morgan fingerprint density at radius 2 is 1.76 bits per heavy atom. The number of rotatable bonds is 4. The molecule has 3 aromatic rings. The number of allylic oxidation sites excluding steroid dienone is 1. The highest BCUT2D eigenvalue weighted by molar-refractivity contribution is 6.35. The summed E-state index contributed by atoms with van der Waals surface area (Å²) >= 11 is 6.34. The minimum absolute atomic E-state index is 0.0307. The maximum Gasteiger partial charge on any atom is 0.355 e. The molecule has 1 aliphatic heterocycles. The van der Waals surface area contributed by atoms with Crippen molar-refractivity contribution in [1.29, 1.82) is 5.26 Å². The standard InChI is InChI=1S/C25H19ClN4O4/c1-33-24(31)20-19(14-7-4-3-5-8-14)16(13-27)23(28)30(22(20)25(32)34-2)18-11-10-17(26)21-15(18)9-6-12-29-21/h3-12,19H,28H2,1-2H3. The molecule has 1 aliphatic rings. The third-order valence-electron chi connectivity index (χ3n) is 5.55. The Morgan fingerprint density at radius 3 is 2.41 bits per heavy atom. The van der Waals surface area contributed by atoms with E-state index >= 15 is 0 Å². The predicted octanol–water partition coefficient (Wildman–Crippen LogP) is 3.79. The van der Waals surface area contributed by atoms with Gasteiger partial charge in [0, 0.05) is 11.6 Å². The molecule has 0 aliphatic carbocycles. The first-order chi connectivity index (χ1) is 16.4. The van der Waals surface area contributed by atoms with E-state index in [0.29, 0.717) is 27.2 Å². The number of fused-ring (bicyclic) bond motifs is 1. The molecule has 1 atom stereocenters. The Morgan fingerprint density at radius 1 is 1.06 bits per heavy atom. The van der Waals surface area contributed by atoms with Crippen LogP contribution in [-0.4, -0.2) is 31.1 Å². The summed E-state index contributed by atoms with van der Waals surface area (Å²) in [6.45, 7) is 0. The van der Waals surface area contributed by atoms with Crippen LogP contribution in [0.15, 0.2) is 83.5 Å². The van der Waals surface area contributed by atoms with E-state index in [1.807, 2.05) is 0 Å². The van der Waals surface area contributed by atoms with Crippen LogP contribution in [0.25, 0.3) is 10.9 Å². The maximum absolute atomic E-state index is 13.2. The van der Waals surface area contributed by atoms with Gasteiger partial charge in [0.15, 0.2) is 0 Å². The van der Waals surface area contributed by atoms with Crippen molar-refractivity contribution in [3.8, 4) is 6.07 Å². The Kier molecular flexibility index (Phi) is 6.21. The van der Waals surface area contributed by atoms with E-state index in [4.69, 9.17) is 26.8 Å². The largest absolute Gasteiger partial charge is 0.466 e. The number of esters is 2. The Balaban J connectivity index is 2.13. The Labute approximate surface area is 200 Å². The SMILES string of the molecule is COC(=O)C1=C(C(=O)OC)N(c2ccc(Cl)c3ncccc23)C(N)=C(C#N)C1c1ccccc1. The second-order valence-electron chi connectivity index (χ2n) is 7.30. The number of benzene rings is 2. The van der Waals surface area contributed by atoms with Gasteiger partial charge in [0.2, 0.25) is 0 Å². The van der Waals surface area contributed by atoms with E-state index in [2.05, 4.69) is 11.1 Å². The lowest BCUT2D eigenvalue weighted by Crippen LogP contribution is -2.40. The molecular weight excluding hydrogens is 456 g/mol. The predicted molar refractivity (Wildman–Crippen MR) is 126 cm³/mol. The van der Waals surface area contributed by atoms with Gasteiger partial charge in [-0.1, -0.05) is 41.9 Å². The van der Waals surface area contributed by atoms with Crippen LogP contribution in [0.1, 0.15) is 11.5 Å². The number of hydrogen-bond donors (Lipinski definition) is 1. The lowest BCUT2D eigenvalue weighted by atomic mass is 9.81.